The van der Waals surface area contributed by atoms with Crippen LogP contribution in [-0.2, 0) is 19.4 Å². The summed E-state index contributed by atoms with van der Waals surface area (Å²) in [6, 6.07) is 0. The highest BCUT2D eigenvalue weighted by atomic mass is 32.2. The van der Waals surface area contributed by atoms with Gasteiger partial charge in [0.2, 0.25) is 0 Å². The smallest absolute Gasteiger partial charge is 0.144 e. The van der Waals surface area contributed by atoms with E-state index in [0.717, 1.165) is 12.5 Å². The predicted molar refractivity (Wildman–Crippen MR) is 169 cm³/mol. The first-order chi connectivity index (χ1) is 10.8. The second-order valence-electron chi connectivity index (χ2n) is 4.99. The van der Waals surface area contributed by atoms with Gasteiger partial charge in [-0.15, -0.1) is 0 Å². The van der Waals surface area contributed by atoms with Crippen LogP contribution < -0.4 is 0 Å². The van der Waals surface area contributed by atoms with E-state index in [-0.39, 0.29) is 57.8 Å². The molecule has 4 nitrogen and oxygen atoms in total. The highest BCUT2D eigenvalue weighted by Crippen LogP contribution is 1.70. The number of Topliss-reactive ketones (excluding diaryl/α,β-unsaturated/α-hetero) is 1. The Morgan fingerprint density at radius 2 is 0.742 bits per heavy atom. The molecule has 0 bridgehead atoms. The molecular weight excluding hydrogens is 444 g/mol. The standard InChI is InChI=1S/C3H6O.2C3H8.C2H6O2S.C2H6O.C2H6S.C2H8Si.7CH4/c1-3(2)4;2*1-3-2;1-5(2,3)4;3*1-3-2;;;;;;;/h1-2H3;2*3H2,1-2H3;1-2H3;2*1-2H3;3H2,1-2H3;7*1H4. The molecule has 0 N–H and O–H groups in total. The molecule has 0 rings (SSSR count). The van der Waals surface area contributed by atoms with Crippen LogP contribution in [0.5, 0.6) is 0 Å². The second-order valence-corrected chi connectivity index (χ2v) is 9.51. The van der Waals surface area contributed by atoms with Crippen molar-refractivity contribution in [1.82, 2.24) is 0 Å². The van der Waals surface area contributed by atoms with Gasteiger partial charge in [-0.05, 0) is 26.4 Å². The Balaban J connectivity index is -0.00000000881. The molecular formula is C24H76O4S2Si. The van der Waals surface area contributed by atoms with Crippen molar-refractivity contribution >= 4 is 36.9 Å². The summed E-state index contributed by atoms with van der Waals surface area (Å²) < 4.78 is 23.5. The van der Waals surface area contributed by atoms with Crippen molar-refractivity contribution in [2.24, 2.45) is 0 Å². The molecule has 0 aromatic carbocycles. The molecule has 0 saturated carbocycles. The third-order valence-corrected chi connectivity index (χ3v) is 0. The first kappa shape index (κ1) is 96.3. The van der Waals surface area contributed by atoms with E-state index in [2.05, 4.69) is 45.5 Å². The number of thioether (sulfide) groups is 1. The Morgan fingerprint density at radius 3 is 0.742 bits per heavy atom. The number of hydrogen-bond acceptors (Lipinski definition) is 5. The first-order valence-electron chi connectivity index (χ1n) is 8.23. The Hall–Kier alpha value is 0.147. The number of methoxy groups -OCH3 is 1. The summed E-state index contributed by atoms with van der Waals surface area (Å²) >= 11 is 1.75. The van der Waals surface area contributed by atoms with Gasteiger partial charge >= 0.3 is 0 Å². The van der Waals surface area contributed by atoms with Gasteiger partial charge in [0.25, 0.3) is 0 Å². The van der Waals surface area contributed by atoms with E-state index in [1.54, 1.807) is 26.0 Å². The Kier molecular flexibility index (Phi) is 397. The lowest BCUT2D eigenvalue weighted by Gasteiger charge is -1.69. The summed E-state index contributed by atoms with van der Waals surface area (Å²) in [5.41, 5.74) is 0. The van der Waals surface area contributed by atoms with Gasteiger partial charge in [-0.2, -0.15) is 11.8 Å². The minimum atomic E-state index is -2.67. The van der Waals surface area contributed by atoms with Crippen molar-refractivity contribution in [3.8, 4) is 0 Å². The second kappa shape index (κ2) is 128. The Labute approximate surface area is 213 Å². The van der Waals surface area contributed by atoms with Crippen molar-refractivity contribution in [2.75, 3.05) is 39.2 Å². The SMILES string of the molecule is C.C.C.C.C.C.C.CC(C)=O.CCC.CCC.COC.CS(C)(=O)=O.CSC.C[SiH2]C. The summed E-state index contributed by atoms with van der Waals surface area (Å²) in [5.74, 6) is 0.167. The van der Waals surface area contributed by atoms with E-state index in [4.69, 9.17) is 0 Å². The molecule has 0 aromatic rings. The molecule has 0 heterocycles. The van der Waals surface area contributed by atoms with Crippen LogP contribution in [0.25, 0.3) is 0 Å². The maximum Gasteiger partial charge on any atom is 0.144 e. The van der Waals surface area contributed by atoms with Gasteiger partial charge in [0.05, 0.1) is 0 Å². The van der Waals surface area contributed by atoms with E-state index >= 15 is 0 Å². The highest BCUT2D eigenvalue weighted by Gasteiger charge is 1.79. The van der Waals surface area contributed by atoms with Gasteiger partial charge in [0.15, 0.2) is 0 Å². The lowest BCUT2D eigenvalue weighted by molar-refractivity contribution is -0.115. The van der Waals surface area contributed by atoms with Crippen LogP contribution in [0, 0.1) is 0 Å². The predicted octanol–water partition coefficient (Wildman–Crippen LogP) is 9.03. The Morgan fingerprint density at radius 1 is 0.742 bits per heavy atom. The molecule has 0 amide bonds. The molecule has 0 radical (unpaired) electrons. The van der Waals surface area contributed by atoms with Crippen molar-refractivity contribution in [3.05, 3.63) is 0 Å². The monoisotopic (exact) mass is 520 g/mol. The number of carbonyl (C=O) groups excluding carboxylic acids is 1. The third kappa shape index (κ3) is 1110000. The van der Waals surface area contributed by atoms with Crippen molar-refractivity contribution in [2.45, 2.75) is 119 Å². The summed E-state index contributed by atoms with van der Waals surface area (Å²) in [4.78, 5) is 9.44. The summed E-state index contributed by atoms with van der Waals surface area (Å²) in [7, 11) is 1.00. The fraction of sp³-hybridized carbons (Fsp3) is 0.958. The zero-order valence-corrected chi connectivity index (χ0v) is 22.1. The van der Waals surface area contributed by atoms with Crippen LogP contribution in [0.15, 0.2) is 0 Å². The van der Waals surface area contributed by atoms with E-state index in [1.165, 1.54) is 26.7 Å². The number of ketones is 1. The maximum absolute atomic E-state index is 9.63. The van der Waals surface area contributed by atoms with Crippen LogP contribution in [0.2, 0.25) is 13.1 Å². The molecule has 212 valence electrons. The van der Waals surface area contributed by atoms with Crippen LogP contribution in [-0.4, -0.2) is 63.0 Å². The van der Waals surface area contributed by atoms with Gasteiger partial charge in [-0.3, -0.25) is 0 Å². The van der Waals surface area contributed by atoms with Crippen LogP contribution in [0.4, 0.5) is 0 Å². The molecule has 0 aliphatic rings. The fourth-order valence-electron chi connectivity index (χ4n) is 0. The Bertz CT molecular complexity index is 224. The van der Waals surface area contributed by atoms with Crippen LogP contribution in [0.1, 0.15) is 106 Å². The fourth-order valence-corrected chi connectivity index (χ4v) is 0. The minimum absolute atomic E-state index is 0. The number of ether oxygens (including phenoxy) is 1. The minimum Gasteiger partial charge on any atom is -0.388 e. The van der Waals surface area contributed by atoms with E-state index in [1.807, 2.05) is 12.5 Å². The van der Waals surface area contributed by atoms with Crippen molar-refractivity contribution in [3.63, 3.8) is 0 Å². The first-order valence-corrected chi connectivity index (χ1v) is 15.0. The number of rotatable bonds is 0. The molecule has 0 atom stereocenters. The van der Waals surface area contributed by atoms with Gasteiger partial charge in [0, 0.05) is 36.3 Å². The molecule has 31 heavy (non-hydrogen) atoms. The van der Waals surface area contributed by atoms with Gasteiger partial charge < -0.3 is 9.53 Å². The molecule has 0 saturated heterocycles. The molecule has 0 aromatic heterocycles. The quantitative estimate of drug-likeness (QED) is 0.298. The zero-order chi connectivity index (χ0) is 21.6. The van der Waals surface area contributed by atoms with Gasteiger partial charge in [-0.1, -0.05) is 106 Å². The molecule has 0 spiro atoms. The average molecular weight is 521 g/mol. The average Bonchev–Trinajstić information content (AvgIpc) is 2.29. The largest absolute Gasteiger partial charge is 0.388 e. The van der Waals surface area contributed by atoms with E-state index in [0.29, 0.717) is 9.52 Å². The van der Waals surface area contributed by atoms with Crippen LogP contribution in [0.3, 0.4) is 0 Å². The molecule has 0 unspecified atom stereocenters. The van der Waals surface area contributed by atoms with E-state index < -0.39 is 9.84 Å². The van der Waals surface area contributed by atoms with Crippen molar-refractivity contribution < 1.29 is 17.9 Å². The molecule has 7 heteroatoms. The summed E-state index contributed by atoms with van der Waals surface area (Å²) in [5, 5.41) is 0. The third-order valence-electron chi connectivity index (χ3n) is 0. The van der Waals surface area contributed by atoms with Gasteiger partial charge in [0.1, 0.15) is 15.6 Å². The lowest BCUT2D eigenvalue weighted by atomic mass is 10.6. The summed E-state index contributed by atoms with van der Waals surface area (Å²) in [6.45, 7) is 16.1. The van der Waals surface area contributed by atoms with Crippen molar-refractivity contribution in [1.29, 1.82) is 0 Å². The maximum atomic E-state index is 9.63. The summed E-state index contributed by atoms with van der Waals surface area (Å²) in [6.07, 6.45) is 8.90. The lowest BCUT2D eigenvalue weighted by Crippen LogP contribution is -1.86. The topological polar surface area (TPSA) is 60.4 Å². The highest BCUT2D eigenvalue weighted by molar-refractivity contribution is 7.97. The zero-order valence-electron chi connectivity index (χ0n) is 19.1. The molecule has 0 aliphatic carbocycles. The number of hydrogen-bond donors (Lipinski definition) is 0. The van der Waals surface area contributed by atoms with E-state index in [9.17, 15) is 13.2 Å². The number of sulfone groups is 1. The molecule has 0 fully saturated rings. The number of carbonyl (C=O) groups is 1. The van der Waals surface area contributed by atoms with Crippen LogP contribution >= 0.6 is 11.8 Å². The molecule has 0 aliphatic heterocycles. The van der Waals surface area contributed by atoms with Gasteiger partial charge in [-0.25, -0.2) is 8.42 Å². The normalized spacial score (nSPS) is 5.61.